The van der Waals surface area contributed by atoms with Gasteiger partial charge in [-0.15, -0.1) is 0 Å². The van der Waals surface area contributed by atoms with Crippen molar-refractivity contribution in [3.63, 3.8) is 0 Å². The van der Waals surface area contributed by atoms with Gasteiger partial charge in [-0.3, -0.25) is 9.59 Å². The molecule has 0 rings (SSSR count). The minimum atomic E-state index is -0.220. The summed E-state index contributed by atoms with van der Waals surface area (Å²) in [7, 11) is 1.68. The normalized spacial score (nSPS) is 12.2. The molecule has 0 saturated heterocycles. The van der Waals surface area contributed by atoms with Crippen molar-refractivity contribution in [2.75, 3.05) is 20.3 Å². The van der Waals surface area contributed by atoms with E-state index in [1.807, 2.05) is 0 Å². The summed E-state index contributed by atoms with van der Waals surface area (Å²) in [5.74, 6) is 0.195. The van der Waals surface area contributed by atoms with E-state index in [0.29, 0.717) is 25.6 Å². The predicted octanol–water partition coefficient (Wildman–Crippen LogP) is 5.44. The molecule has 0 N–H and O–H groups in total. The minimum Gasteiger partial charge on any atom is -0.466 e. The van der Waals surface area contributed by atoms with E-state index in [-0.39, 0.29) is 30.9 Å². The second-order valence-electron chi connectivity index (χ2n) is 7.71. The molecule has 0 aliphatic carbocycles. The third-order valence-electron chi connectivity index (χ3n) is 4.50. The quantitative estimate of drug-likeness (QED) is 0.232. The number of carbonyl (C=O) groups excluding carboxylic acids is 2. The third-order valence-corrected chi connectivity index (χ3v) is 4.50. The average Bonchev–Trinajstić information content (AvgIpc) is 2.62. The smallest absolute Gasteiger partial charge is 0.306 e. The van der Waals surface area contributed by atoms with Gasteiger partial charge >= 0.3 is 11.9 Å². The van der Waals surface area contributed by atoms with E-state index in [9.17, 15) is 9.59 Å². The Morgan fingerprint density at radius 2 is 1.44 bits per heavy atom. The van der Waals surface area contributed by atoms with E-state index in [0.717, 1.165) is 38.5 Å². The molecule has 160 valence electrons. The molecule has 0 spiro atoms. The van der Waals surface area contributed by atoms with Crippen molar-refractivity contribution >= 4 is 11.9 Å². The molecule has 0 saturated carbocycles. The highest BCUT2D eigenvalue weighted by atomic mass is 16.5. The maximum atomic E-state index is 12.1. The topological polar surface area (TPSA) is 61.8 Å². The molecule has 5 heteroatoms. The largest absolute Gasteiger partial charge is 0.466 e. The number of hydrogen-bond acceptors (Lipinski definition) is 5. The summed E-state index contributed by atoms with van der Waals surface area (Å²) in [5, 5.41) is 0. The van der Waals surface area contributed by atoms with Crippen molar-refractivity contribution in [3.05, 3.63) is 0 Å². The van der Waals surface area contributed by atoms with Gasteiger partial charge in [-0.05, 0) is 50.9 Å². The van der Waals surface area contributed by atoms with Gasteiger partial charge in [-0.2, -0.15) is 0 Å². The lowest BCUT2D eigenvalue weighted by Gasteiger charge is -2.18. The van der Waals surface area contributed by atoms with Crippen molar-refractivity contribution in [2.45, 2.75) is 104 Å². The first kappa shape index (κ1) is 25.9. The van der Waals surface area contributed by atoms with Crippen LogP contribution in [0, 0.1) is 5.92 Å². The van der Waals surface area contributed by atoms with Crippen LogP contribution in [0.2, 0.25) is 0 Å². The fourth-order valence-electron chi connectivity index (χ4n) is 2.89. The summed E-state index contributed by atoms with van der Waals surface area (Å²) >= 11 is 0. The Kier molecular flexibility index (Phi) is 17.5. The number of hydrogen-bond donors (Lipinski definition) is 0. The van der Waals surface area contributed by atoms with Gasteiger partial charge in [0.1, 0.15) is 6.10 Å². The Bertz CT molecular complexity index is 368. The molecule has 0 aliphatic heterocycles. The third kappa shape index (κ3) is 18.0. The Balaban J connectivity index is 3.96. The monoisotopic (exact) mass is 386 g/mol. The number of esters is 2. The van der Waals surface area contributed by atoms with Crippen LogP contribution in [-0.4, -0.2) is 38.4 Å². The van der Waals surface area contributed by atoms with Crippen molar-refractivity contribution in [3.8, 4) is 0 Å². The maximum Gasteiger partial charge on any atom is 0.306 e. The van der Waals surface area contributed by atoms with Crippen molar-refractivity contribution in [2.24, 2.45) is 5.92 Å². The molecule has 1 unspecified atom stereocenters. The van der Waals surface area contributed by atoms with Crippen LogP contribution >= 0.6 is 0 Å². The molecular weight excluding hydrogens is 344 g/mol. The molecule has 0 heterocycles. The van der Waals surface area contributed by atoms with Gasteiger partial charge in [0.15, 0.2) is 0 Å². The van der Waals surface area contributed by atoms with Crippen LogP contribution in [0.25, 0.3) is 0 Å². The van der Waals surface area contributed by atoms with Crippen LogP contribution in [0.15, 0.2) is 0 Å². The Labute approximate surface area is 166 Å². The molecule has 0 aromatic rings. The lowest BCUT2D eigenvalue weighted by Crippen LogP contribution is -2.19. The molecule has 0 amide bonds. The summed E-state index contributed by atoms with van der Waals surface area (Å²) in [6.07, 6.45) is 10.3. The Hall–Kier alpha value is -1.10. The Morgan fingerprint density at radius 1 is 0.778 bits per heavy atom. The molecule has 0 bridgehead atoms. The number of rotatable bonds is 18. The fraction of sp³-hybridized carbons (Fsp3) is 0.909. The van der Waals surface area contributed by atoms with E-state index in [1.54, 1.807) is 7.11 Å². The lowest BCUT2D eigenvalue weighted by atomic mass is 10.1. The zero-order valence-corrected chi connectivity index (χ0v) is 18.1. The summed E-state index contributed by atoms with van der Waals surface area (Å²) < 4.78 is 15.9. The summed E-state index contributed by atoms with van der Waals surface area (Å²) in [5.41, 5.74) is 0. The first-order chi connectivity index (χ1) is 13.0. The summed E-state index contributed by atoms with van der Waals surface area (Å²) in [4.78, 5) is 23.8. The van der Waals surface area contributed by atoms with Crippen molar-refractivity contribution in [1.82, 2.24) is 0 Å². The van der Waals surface area contributed by atoms with Gasteiger partial charge in [0.2, 0.25) is 0 Å². The van der Waals surface area contributed by atoms with Crippen LogP contribution in [0.4, 0.5) is 0 Å². The Morgan fingerprint density at radius 3 is 2.11 bits per heavy atom. The zero-order chi connectivity index (χ0) is 20.3. The molecule has 0 aromatic carbocycles. The van der Waals surface area contributed by atoms with Crippen LogP contribution in [0.1, 0.15) is 97.8 Å². The highest BCUT2D eigenvalue weighted by molar-refractivity contribution is 5.72. The van der Waals surface area contributed by atoms with Gasteiger partial charge in [-0.1, -0.05) is 40.0 Å². The molecule has 5 nitrogen and oxygen atoms in total. The SMILES string of the molecule is CCCCCCC(CCCOC)OC(=O)CCCC(=O)OCCCC(C)C. The second-order valence-corrected chi connectivity index (χ2v) is 7.71. The van der Waals surface area contributed by atoms with E-state index in [2.05, 4.69) is 20.8 Å². The van der Waals surface area contributed by atoms with Gasteiger partial charge in [-0.25, -0.2) is 0 Å². The highest BCUT2D eigenvalue weighted by Crippen LogP contribution is 2.15. The number of carbonyl (C=O) groups is 2. The molecule has 0 aromatic heterocycles. The zero-order valence-electron chi connectivity index (χ0n) is 18.1. The second kappa shape index (κ2) is 18.3. The van der Waals surface area contributed by atoms with Crippen LogP contribution < -0.4 is 0 Å². The van der Waals surface area contributed by atoms with E-state index >= 15 is 0 Å². The highest BCUT2D eigenvalue weighted by Gasteiger charge is 2.15. The molecule has 1 atom stereocenters. The first-order valence-corrected chi connectivity index (χ1v) is 10.8. The molecule has 27 heavy (non-hydrogen) atoms. The number of ether oxygens (including phenoxy) is 3. The maximum absolute atomic E-state index is 12.1. The van der Waals surface area contributed by atoms with Gasteiger partial charge in [0.25, 0.3) is 0 Å². The van der Waals surface area contributed by atoms with E-state index in [4.69, 9.17) is 14.2 Å². The number of unbranched alkanes of at least 4 members (excludes halogenated alkanes) is 3. The fourth-order valence-corrected chi connectivity index (χ4v) is 2.89. The van der Waals surface area contributed by atoms with Crippen LogP contribution in [0.3, 0.4) is 0 Å². The number of methoxy groups -OCH3 is 1. The lowest BCUT2D eigenvalue weighted by molar-refractivity contribution is -0.150. The molecule has 0 aliphatic rings. The van der Waals surface area contributed by atoms with Gasteiger partial charge in [0.05, 0.1) is 6.61 Å². The minimum absolute atomic E-state index is 0.0347. The molecular formula is C22H42O5. The van der Waals surface area contributed by atoms with E-state index < -0.39 is 0 Å². The van der Waals surface area contributed by atoms with Gasteiger partial charge in [0, 0.05) is 26.6 Å². The standard InChI is InChI=1S/C22H42O5/c1-5-6-7-8-13-20(14-11-17-25-4)27-22(24)16-9-15-21(23)26-18-10-12-19(2)3/h19-20H,5-18H2,1-4H3. The van der Waals surface area contributed by atoms with E-state index in [1.165, 1.54) is 19.3 Å². The predicted molar refractivity (Wildman–Crippen MR) is 109 cm³/mol. The van der Waals surface area contributed by atoms with Crippen LogP contribution in [-0.2, 0) is 23.8 Å². The van der Waals surface area contributed by atoms with Crippen molar-refractivity contribution < 1.29 is 23.8 Å². The molecule has 0 fully saturated rings. The summed E-state index contributed by atoms with van der Waals surface area (Å²) in [6.45, 7) is 7.65. The van der Waals surface area contributed by atoms with Crippen molar-refractivity contribution in [1.29, 1.82) is 0 Å². The van der Waals surface area contributed by atoms with Crippen LogP contribution in [0.5, 0.6) is 0 Å². The van der Waals surface area contributed by atoms with Gasteiger partial charge < -0.3 is 14.2 Å². The molecule has 0 radical (unpaired) electrons. The first-order valence-electron chi connectivity index (χ1n) is 10.8. The summed E-state index contributed by atoms with van der Waals surface area (Å²) in [6, 6.07) is 0. The average molecular weight is 387 g/mol.